The van der Waals surface area contributed by atoms with E-state index in [-0.39, 0.29) is 38.9 Å². The van der Waals surface area contributed by atoms with Crippen LogP contribution in [0, 0.1) is 20.8 Å². The van der Waals surface area contributed by atoms with Crippen molar-refractivity contribution in [2.45, 2.75) is 177 Å². The molecule has 0 fully saturated rings. The summed E-state index contributed by atoms with van der Waals surface area (Å²) in [5.41, 5.74) is 17.8. The molecule has 248 valence electrons. The normalized spacial score (nSPS) is 14.9. The summed E-state index contributed by atoms with van der Waals surface area (Å²) in [5.74, 6) is 0.558. The first kappa shape index (κ1) is 37.1. The Balaban J connectivity index is 2.40. The number of benzene rings is 3. The van der Waals surface area contributed by atoms with Gasteiger partial charge in [0.05, 0.1) is 0 Å². The van der Waals surface area contributed by atoms with Crippen LogP contribution >= 0.6 is 0 Å². The second-order valence-corrected chi connectivity index (χ2v) is 19.5. The molecule has 0 saturated heterocycles. The molecule has 0 aliphatic carbocycles. The van der Waals surface area contributed by atoms with E-state index in [1.165, 1.54) is 66.8 Å². The fraction of sp³-hybridized carbons (Fsp3) is 0.600. The van der Waals surface area contributed by atoms with Crippen molar-refractivity contribution in [3.05, 3.63) is 103 Å². The van der Waals surface area contributed by atoms with Crippen molar-refractivity contribution in [1.29, 1.82) is 0 Å². The van der Waals surface area contributed by atoms with Crippen LogP contribution in [0.2, 0.25) is 0 Å². The monoisotopic (exact) mass is 609 g/mol. The van der Waals surface area contributed by atoms with Gasteiger partial charge in [-0.15, -0.1) is 0 Å². The van der Waals surface area contributed by atoms with E-state index in [9.17, 15) is 0 Å². The number of rotatable bonds is 4. The maximum Gasteiger partial charge on any atom is 0.00643 e. The molecule has 2 atom stereocenters. The lowest BCUT2D eigenvalue weighted by molar-refractivity contribution is 0.554. The van der Waals surface area contributed by atoms with E-state index in [4.69, 9.17) is 0 Å². The summed E-state index contributed by atoms with van der Waals surface area (Å²) in [4.78, 5) is 0. The average Bonchev–Trinajstić information content (AvgIpc) is 2.84. The zero-order valence-electron chi connectivity index (χ0n) is 33.1. The van der Waals surface area contributed by atoms with E-state index in [1.807, 2.05) is 0 Å². The fourth-order valence-corrected chi connectivity index (χ4v) is 7.84. The molecule has 0 unspecified atom stereocenters. The minimum absolute atomic E-state index is 0.00426. The first-order chi connectivity index (χ1) is 20.1. The van der Waals surface area contributed by atoms with E-state index in [0.29, 0.717) is 0 Å². The molecule has 0 bridgehead atoms. The lowest BCUT2D eigenvalue weighted by atomic mass is 9.69. The highest BCUT2D eigenvalue weighted by molar-refractivity contribution is 5.55. The molecular weight excluding hydrogens is 540 g/mol. The molecule has 3 aromatic rings. The van der Waals surface area contributed by atoms with Crippen molar-refractivity contribution < 1.29 is 0 Å². The summed E-state index contributed by atoms with van der Waals surface area (Å²) in [5, 5.41) is 0. The zero-order valence-corrected chi connectivity index (χ0v) is 33.1. The Morgan fingerprint density at radius 3 is 0.822 bits per heavy atom. The Labute approximate surface area is 279 Å². The van der Waals surface area contributed by atoms with E-state index in [1.54, 1.807) is 0 Å². The zero-order chi connectivity index (χ0) is 34.8. The molecule has 0 aliphatic heterocycles. The summed E-state index contributed by atoms with van der Waals surface area (Å²) in [6.45, 7) is 47.5. The van der Waals surface area contributed by atoms with Gasteiger partial charge in [0.2, 0.25) is 0 Å². The second kappa shape index (κ2) is 12.0. The van der Waals surface area contributed by atoms with Gasteiger partial charge >= 0.3 is 0 Å². The molecule has 3 aromatic carbocycles. The van der Waals surface area contributed by atoms with Crippen molar-refractivity contribution in [3.63, 3.8) is 0 Å². The van der Waals surface area contributed by atoms with Crippen LogP contribution < -0.4 is 0 Å². The highest BCUT2D eigenvalue weighted by Gasteiger charge is 2.32. The number of hydrogen-bond donors (Lipinski definition) is 0. The average molecular weight is 609 g/mol. The second-order valence-electron chi connectivity index (χ2n) is 19.5. The van der Waals surface area contributed by atoms with Gasteiger partial charge in [-0.1, -0.05) is 160 Å². The summed E-state index contributed by atoms with van der Waals surface area (Å²) in [6.07, 6.45) is 0. The maximum atomic E-state index is 2.53. The van der Waals surface area contributed by atoms with Crippen molar-refractivity contribution in [2.75, 3.05) is 0 Å². The number of aryl methyl sites for hydroxylation is 1. The predicted octanol–water partition coefficient (Wildman–Crippen LogP) is 13.4. The Morgan fingerprint density at radius 2 is 0.622 bits per heavy atom. The minimum atomic E-state index is -0.00426. The fourth-order valence-electron chi connectivity index (χ4n) is 7.84. The van der Waals surface area contributed by atoms with Crippen LogP contribution in [0.5, 0.6) is 0 Å². The molecule has 0 N–H and O–H groups in total. The Morgan fingerprint density at radius 1 is 0.378 bits per heavy atom. The van der Waals surface area contributed by atoms with Gasteiger partial charge in [0.25, 0.3) is 0 Å². The largest absolute Gasteiger partial charge is 0.0561 e. The first-order valence-electron chi connectivity index (χ1n) is 17.5. The van der Waals surface area contributed by atoms with Gasteiger partial charge in [0.1, 0.15) is 0 Å². The highest BCUT2D eigenvalue weighted by Crippen LogP contribution is 2.45. The van der Waals surface area contributed by atoms with Gasteiger partial charge in [-0.05, 0) is 109 Å². The van der Waals surface area contributed by atoms with Crippen molar-refractivity contribution in [3.8, 4) is 0 Å². The molecule has 0 aliphatic rings. The molecule has 3 rings (SSSR count). The first-order valence-corrected chi connectivity index (χ1v) is 17.5. The van der Waals surface area contributed by atoms with E-state index < -0.39 is 0 Å². The van der Waals surface area contributed by atoms with E-state index in [2.05, 4.69) is 175 Å². The molecule has 45 heavy (non-hydrogen) atoms. The number of hydrogen-bond acceptors (Lipinski definition) is 0. The van der Waals surface area contributed by atoms with Gasteiger partial charge in [-0.2, -0.15) is 0 Å². The van der Waals surface area contributed by atoms with Crippen LogP contribution in [0.25, 0.3) is 0 Å². The summed E-state index contributed by atoms with van der Waals surface area (Å²) in [7, 11) is 0. The molecule has 0 amide bonds. The summed E-state index contributed by atoms with van der Waals surface area (Å²) in [6, 6.07) is 15.1. The lowest BCUT2D eigenvalue weighted by Gasteiger charge is -2.35. The molecule has 0 heteroatoms. The van der Waals surface area contributed by atoms with Crippen LogP contribution in [0.1, 0.15) is 196 Å². The quantitative estimate of drug-likeness (QED) is 0.276. The highest BCUT2D eigenvalue weighted by atomic mass is 14.4. The van der Waals surface area contributed by atoms with Crippen molar-refractivity contribution in [1.82, 2.24) is 0 Å². The van der Waals surface area contributed by atoms with Crippen molar-refractivity contribution >= 4 is 0 Å². The molecular formula is C45H68. The molecule has 0 aromatic heterocycles. The molecule has 0 spiro atoms. The standard InChI is InChI=1S/C45H68/c1-27-21-34(28(2)32-23-36(41(6,7)8)30(4)37(24-32)42(9,10)11)40(45(18,19)20)35(22-27)29(3)33-25-38(43(12,13)14)31(5)39(26-33)44(15,16)17/h21-26,28-29H,1-20H3/t28-,29-/m1/s1. The van der Waals surface area contributed by atoms with E-state index in [0.717, 1.165) is 0 Å². The Bertz CT molecular complexity index is 1360. The summed E-state index contributed by atoms with van der Waals surface area (Å²) < 4.78 is 0. The topological polar surface area (TPSA) is 0 Å². The maximum absolute atomic E-state index is 2.53. The Kier molecular flexibility index (Phi) is 9.93. The van der Waals surface area contributed by atoms with Gasteiger partial charge in [0, 0.05) is 11.8 Å². The Hall–Kier alpha value is -2.34. The van der Waals surface area contributed by atoms with Crippen LogP contribution in [0.3, 0.4) is 0 Å². The van der Waals surface area contributed by atoms with Crippen molar-refractivity contribution in [2.24, 2.45) is 0 Å². The van der Waals surface area contributed by atoms with Crippen LogP contribution in [-0.2, 0) is 27.1 Å². The van der Waals surface area contributed by atoms with E-state index >= 15 is 0 Å². The van der Waals surface area contributed by atoms with Gasteiger partial charge in [-0.25, -0.2) is 0 Å². The SMILES string of the molecule is Cc1cc([C@H](C)c2cc(C(C)(C)C)c(C)c(C(C)(C)C)c2)c(C(C)(C)C)c([C@H](C)c2cc(C(C)(C)C)c(C)c(C(C)(C)C)c2)c1. The lowest BCUT2D eigenvalue weighted by Crippen LogP contribution is -2.23. The molecule has 0 heterocycles. The smallest absolute Gasteiger partial charge is 0.00643 e. The molecule has 0 saturated carbocycles. The van der Waals surface area contributed by atoms with Gasteiger partial charge in [0.15, 0.2) is 0 Å². The predicted molar refractivity (Wildman–Crippen MR) is 202 cm³/mol. The van der Waals surface area contributed by atoms with Gasteiger partial charge in [-0.3, -0.25) is 0 Å². The third-order valence-corrected chi connectivity index (χ3v) is 10.1. The molecule has 0 radical (unpaired) electrons. The van der Waals surface area contributed by atoms with Crippen LogP contribution in [-0.4, -0.2) is 0 Å². The van der Waals surface area contributed by atoms with Gasteiger partial charge < -0.3 is 0 Å². The minimum Gasteiger partial charge on any atom is -0.0561 e. The molecule has 0 nitrogen and oxygen atoms in total. The van der Waals surface area contributed by atoms with Crippen LogP contribution in [0.15, 0.2) is 36.4 Å². The van der Waals surface area contributed by atoms with Crippen LogP contribution in [0.4, 0.5) is 0 Å². The third-order valence-electron chi connectivity index (χ3n) is 10.1. The third kappa shape index (κ3) is 7.80. The summed E-state index contributed by atoms with van der Waals surface area (Å²) >= 11 is 0.